The minimum atomic E-state index is 0.454. The molecule has 3 heteroatoms. The van der Waals surface area contributed by atoms with Crippen LogP contribution in [0.2, 0.25) is 0 Å². The standard InChI is InChI=1S/C53H37N3/c54-50(43-20-11-4-12-21-43)35-49(41-18-9-3-10-19-41)47-23-13-22-42-28-33-46(34-48(42)47)53-55-51(44-29-24-39(25-30-44)37-14-5-1-6-15-37)36-52(56-53)45-31-26-40(27-32-45)38-16-7-2-8-17-38/h1-36,54H/b49-35-,54-50?. The van der Waals surface area contributed by atoms with Gasteiger partial charge in [-0.2, -0.15) is 0 Å². The van der Waals surface area contributed by atoms with E-state index in [1.54, 1.807) is 0 Å². The van der Waals surface area contributed by atoms with Gasteiger partial charge in [0.2, 0.25) is 0 Å². The van der Waals surface area contributed by atoms with Gasteiger partial charge in [-0.1, -0.05) is 200 Å². The second-order valence-electron chi connectivity index (χ2n) is 13.8. The molecule has 0 saturated carbocycles. The Bertz CT molecular complexity index is 2710. The first kappa shape index (κ1) is 34.3. The number of hydrogen-bond donors (Lipinski definition) is 1. The lowest BCUT2D eigenvalue weighted by Crippen LogP contribution is -1.99. The van der Waals surface area contributed by atoms with E-state index in [4.69, 9.17) is 15.4 Å². The van der Waals surface area contributed by atoms with Crippen LogP contribution < -0.4 is 0 Å². The average Bonchev–Trinajstić information content (AvgIpc) is 3.29. The van der Waals surface area contributed by atoms with E-state index in [2.05, 4.69) is 152 Å². The molecule has 8 aromatic carbocycles. The minimum Gasteiger partial charge on any atom is -0.300 e. The van der Waals surface area contributed by atoms with Gasteiger partial charge in [0.25, 0.3) is 0 Å². The number of allylic oxidation sites excluding steroid dienone is 1. The SMILES string of the molecule is N=C(/C=C(/c1ccccc1)c1cccc2ccc(-c3nc(-c4ccc(-c5ccccc5)cc4)cc(-c4ccc(-c5ccccc5)cc4)n3)cc12)c1ccccc1. The molecule has 56 heavy (non-hydrogen) atoms. The van der Waals surface area contributed by atoms with Gasteiger partial charge in [0.15, 0.2) is 5.82 Å². The molecule has 1 N–H and O–H groups in total. The summed E-state index contributed by atoms with van der Waals surface area (Å²) in [5.41, 5.74) is 13.7. The Hall–Kier alpha value is -7.49. The zero-order chi connectivity index (χ0) is 37.7. The molecular formula is C53H37N3. The smallest absolute Gasteiger partial charge is 0.160 e. The summed E-state index contributed by atoms with van der Waals surface area (Å²) >= 11 is 0. The van der Waals surface area contributed by atoms with E-state index in [-0.39, 0.29) is 0 Å². The fourth-order valence-electron chi connectivity index (χ4n) is 7.23. The van der Waals surface area contributed by atoms with Crippen molar-refractivity contribution in [2.24, 2.45) is 0 Å². The molecule has 0 aliphatic rings. The van der Waals surface area contributed by atoms with Crippen LogP contribution in [0, 0.1) is 5.41 Å². The van der Waals surface area contributed by atoms with Crippen molar-refractivity contribution in [3.63, 3.8) is 0 Å². The Morgan fingerprint density at radius 2 is 0.821 bits per heavy atom. The number of nitrogens with zero attached hydrogens (tertiary/aromatic N) is 2. The zero-order valence-electron chi connectivity index (χ0n) is 30.7. The highest BCUT2D eigenvalue weighted by Crippen LogP contribution is 2.35. The first-order valence-electron chi connectivity index (χ1n) is 18.8. The minimum absolute atomic E-state index is 0.454. The van der Waals surface area contributed by atoms with Gasteiger partial charge in [-0.3, -0.25) is 0 Å². The van der Waals surface area contributed by atoms with Crippen LogP contribution in [0.3, 0.4) is 0 Å². The molecule has 0 unspecified atom stereocenters. The van der Waals surface area contributed by atoms with Crippen LogP contribution in [0.4, 0.5) is 0 Å². The fraction of sp³-hybridized carbons (Fsp3) is 0. The zero-order valence-corrected chi connectivity index (χ0v) is 30.7. The van der Waals surface area contributed by atoms with Crippen molar-refractivity contribution >= 4 is 22.1 Å². The Morgan fingerprint density at radius 3 is 1.36 bits per heavy atom. The van der Waals surface area contributed by atoms with Crippen LogP contribution in [-0.2, 0) is 0 Å². The molecule has 0 spiro atoms. The fourth-order valence-corrected chi connectivity index (χ4v) is 7.23. The molecule has 264 valence electrons. The third-order valence-corrected chi connectivity index (χ3v) is 10.2. The van der Waals surface area contributed by atoms with Gasteiger partial charge in [0.05, 0.1) is 17.1 Å². The number of benzene rings is 8. The Labute approximate surface area is 327 Å². The molecule has 0 aliphatic carbocycles. The molecule has 9 aromatic rings. The van der Waals surface area contributed by atoms with Crippen LogP contribution in [0.5, 0.6) is 0 Å². The number of hydrogen-bond acceptors (Lipinski definition) is 3. The van der Waals surface area contributed by atoms with Crippen LogP contribution in [0.1, 0.15) is 16.7 Å². The molecule has 0 amide bonds. The summed E-state index contributed by atoms with van der Waals surface area (Å²) in [5.74, 6) is 0.649. The summed E-state index contributed by atoms with van der Waals surface area (Å²) in [4.78, 5) is 10.5. The maximum absolute atomic E-state index is 9.08. The Kier molecular flexibility index (Phi) is 9.47. The van der Waals surface area contributed by atoms with Gasteiger partial charge in [0, 0.05) is 16.7 Å². The monoisotopic (exact) mass is 715 g/mol. The van der Waals surface area contributed by atoms with Crippen molar-refractivity contribution in [2.45, 2.75) is 0 Å². The van der Waals surface area contributed by atoms with Crippen molar-refractivity contribution in [3.8, 4) is 56.2 Å². The van der Waals surface area contributed by atoms with Crippen LogP contribution in [-0.4, -0.2) is 15.7 Å². The molecular weight excluding hydrogens is 679 g/mol. The number of fused-ring (bicyclic) bond motifs is 1. The van der Waals surface area contributed by atoms with Crippen molar-refractivity contribution < 1.29 is 0 Å². The topological polar surface area (TPSA) is 49.6 Å². The summed E-state index contributed by atoms with van der Waals surface area (Å²) in [6.45, 7) is 0. The Balaban J connectivity index is 1.18. The van der Waals surface area contributed by atoms with E-state index in [0.29, 0.717) is 11.5 Å². The highest BCUT2D eigenvalue weighted by Gasteiger charge is 2.15. The van der Waals surface area contributed by atoms with E-state index >= 15 is 0 Å². The van der Waals surface area contributed by atoms with Crippen molar-refractivity contribution in [3.05, 3.63) is 235 Å². The second kappa shape index (κ2) is 15.5. The maximum atomic E-state index is 9.08. The first-order valence-corrected chi connectivity index (χ1v) is 18.8. The van der Waals surface area contributed by atoms with Gasteiger partial charge in [-0.25, -0.2) is 9.97 Å². The predicted octanol–water partition coefficient (Wildman–Crippen LogP) is 13.5. The quantitative estimate of drug-likeness (QED) is 0.151. The third-order valence-electron chi connectivity index (χ3n) is 10.2. The molecule has 9 rings (SSSR count). The van der Waals surface area contributed by atoms with E-state index < -0.39 is 0 Å². The predicted molar refractivity (Wildman–Crippen MR) is 234 cm³/mol. The summed E-state index contributed by atoms with van der Waals surface area (Å²) in [7, 11) is 0. The van der Waals surface area contributed by atoms with Crippen molar-refractivity contribution in [1.82, 2.24) is 9.97 Å². The van der Waals surface area contributed by atoms with E-state index in [0.717, 1.165) is 72.2 Å². The molecule has 0 saturated heterocycles. The molecule has 0 radical (unpaired) electrons. The molecule has 0 aliphatic heterocycles. The third kappa shape index (κ3) is 7.22. The highest BCUT2D eigenvalue weighted by atomic mass is 14.9. The maximum Gasteiger partial charge on any atom is 0.160 e. The Morgan fingerprint density at radius 1 is 0.375 bits per heavy atom. The molecule has 0 atom stereocenters. The lowest BCUT2D eigenvalue weighted by molar-refractivity contribution is 1.18. The first-order chi connectivity index (χ1) is 27.7. The lowest BCUT2D eigenvalue weighted by Gasteiger charge is -2.15. The average molecular weight is 716 g/mol. The van der Waals surface area contributed by atoms with Gasteiger partial charge in [0.1, 0.15) is 0 Å². The van der Waals surface area contributed by atoms with Gasteiger partial charge in [-0.05, 0) is 73.5 Å². The van der Waals surface area contributed by atoms with E-state index in [9.17, 15) is 0 Å². The number of aromatic nitrogens is 2. The molecule has 3 nitrogen and oxygen atoms in total. The van der Waals surface area contributed by atoms with Crippen molar-refractivity contribution in [2.75, 3.05) is 0 Å². The molecule has 0 bridgehead atoms. The van der Waals surface area contributed by atoms with Gasteiger partial charge < -0.3 is 5.41 Å². The molecule has 1 aromatic heterocycles. The largest absolute Gasteiger partial charge is 0.300 e. The van der Waals surface area contributed by atoms with Gasteiger partial charge in [-0.15, -0.1) is 0 Å². The summed E-state index contributed by atoms with van der Waals surface area (Å²) in [5, 5.41) is 11.2. The van der Waals surface area contributed by atoms with E-state index in [1.165, 1.54) is 11.1 Å². The van der Waals surface area contributed by atoms with Gasteiger partial charge >= 0.3 is 0 Å². The van der Waals surface area contributed by atoms with Crippen LogP contribution in [0.25, 0.3) is 72.5 Å². The normalized spacial score (nSPS) is 11.4. The summed E-state index contributed by atoms with van der Waals surface area (Å²) < 4.78 is 0. The molecule has 0 fully saturated rings. The molecule has 1 heterocycles. The highest BCUT2D eigenvalue weighted by molar-refractivity contribution is 6.13. The number of rotatable bonds is 9. The summed E-state index contributed by atoms with van der Waals surface area (Å²) in [6.07, 6.45) is 1.99. The van der Waals surface area contributed by atoms with Crippen LogP contribution >= 0.6 is 0 Å². The number of nitrogens with one attached hydrogen (secondary N) is 1. The van der Waals surface area contributed by atoms with E-state index in [1.807, 2.05) is 66.7 Å². The van der Waals surface area contributed by atoms with Crippen LogP contribution in [0.15, 0.2) is 218 Å². The second-order valence-corrected chi connectivity index (χ2v) is 13.8. The summed E-state index contributed by atoms with van der Waals surface area (Å²) in [6, 6.07) is 73.3. The lowest BCUT2D eigenvalue weighted by atomic mass is 9.90. The van der Waals surface area contributed by atoms with Crippen molar-refractivity contribution in [1.29, 1.82) is 5.41 Å².